The molecule has 23 heavy (non-hydrogen) atoms. The quantitative estimate of drug-likeness (QED) is 0.882. The summed E-state index contributed by atoms with van der Waals surface area (Å²) in [5.41, 5.74) is 4.21. The highest BCUT2D eigenvalue weighted by molar-refractivity contribution is 6.33. The third-order valence-corrected chi connectivity index (χ3v) is 3.98. The Morgan fingerprint density at radius 1 is 0.870 bits per heavy atom. The van der Waals surface area contributed by atoms with Gasteiger partial charge in [0.25, 0.3) is 11.8 Å². The molecule has 0 aromatic heterocycles. The van der Waals surface area contributed by atoms with Gasteiger partial charge >= 0.3 is 0 Å². The molecule has 2 aromatic carbocycles. The van der Waals surface area contributed by atoms with Crippen molar-refractivity contribution < 1.29 is 9.59 Å². The van der Waals surface area contributed by atoms with Crippen molar-refractivity contribution in [3.8, 4) is 0 Å². The molecule has 0 fully saturated rings. The van der Waals surface area contributed by atoms with E-state index in [4.69, 9.17) is 0 Å². The number of hydrogen-bond acceptors (Lipinski definition) is 3. The molecule has 0 atom stereocenters. The molecule has 3 rings (SSSR count). The van der Waals surface area contributed by atoms with Crippen LogP contribution in [0.5, 0.6) is 0 Å². The molecule has 1 N–H and O–H groups in total. The maximum atomic E-state index is 12.7. The van der Waals surface area contributed by atoms with Crippen molar-refractivity contribution in [1.82, 2.24) is 0 Å². The first-order valence-electron chi connectivity index (χ1n) is 7.48. The second-order valence-electron chi connectivity index (χ2n) is 5.72. The number of nitrogens with zero attached hydrogens (tertiary/aromatic N) is 1. The standard InChI is InChI=1S/C19H18N2O2/c1-12-7-6-9-15(11-12)21-18(22)14(3)17(19(21)23)20-16-10-5-4-8-13(16)2/h4-11,20H,1-3H3. The largest absolute Gasteiger partial charge is 0.350 e. The number of benzene rings is 2. The zero-order valence-corrected chi connectivity index (χ0v) is 13.4. The minimum absolute atomic E-state index is 0.281. The summed E-state index contributed by atoms with van der Waals surface area (Å²) < 4.78 is 0. The first-order valence-corrected chi connectivity index (χ1v) is 7.48. The van der Waals surface area contributed by atoms with E-state index in [0.29, 0.717) is 17.0 Å². The summed E-state index contributed by atoms with van der Waals surface area (Å²) in [6.07, 6.45) is 0. The fourth-order valence-corrected chi connectivity index (χ4v) is 2.64. The monoisotopic (exact) mass is 306 g/mol. The van der Waals surface area contributed by atoms with Gasteiger partial charge in [0.1, 0.15) is 5.70 Å². The molecule has 1 aliphatic heterocycles. The Kier molecular flexibility index (Phi) is 3.74. The van der Waals surface area contributed by atoms with Gasteiger partial charge in [0.2, 0.25) is 0 Å². The number of rotatable bonds is 3. The minimum atomic E-state index is -0.318. The van der Waals surface area contributed by atoms with Crippen LogP contribution in [-0.4, -0.2) is 11.8 Å². The van der Waals surface area contributed by atoms with Gasteiger partial charge in [-0.05, 0) is 50.1 Å². The number of hydrogen-bond donors (Lipinski definition) is 1. The van der Waals surface area contributed by atoms with Crippen LogP contribution in [0, 0.1) is 13.8 Å². The number of carbonyl (C=O) groups excluding carboxylic acids is 2. The molecule has 2 amide bonds. The Labute approximate surface area is 135 Å². The van der Waals surface area contributed by atoms with Gasteiger partial charge in [-0.25, -0.2) is 4.90 Å². The van der Waals surface area contributed by atoms with Crippen LogP contribution in [0.15, 0.2) is 59.8 Å². The molecule has 0 bridgehead atoms. The maximum absolute atomic E-state index is 12.7. The van der Waals surface area contributed by atoms with Crippen molar-refractivity contribution in [1.29, 1.82) is 0 Å². The van der Waals surface area contributed by atoms with Gasteiger partial charge in [-0.15, -0.1) is 0 Å². The number of imide groups is 1. The lowest BCUT2D eigenvalue weighted by Crippen LogP contribution is -2.32. The summed E-state index contributed by atoms with van der Waals surface area (Å²) in [6.45, 7) is 5.57. The average molecular weight is 306 g/mol. The maximum Gasteiger partial charge on any atom is 0.282 e. The van der Waals surface area contributed by atoms with Crippen molar-refractivity contribution in [2.24, 2.45) is 0 Å². The lowest BCUT2D eigenvalue weighted by Gasteiger charge is -2.16. The van der Waals surface area contributed by atoms with Gasteiger partial charge in [-0.1, -0.05) is 30.3 Å². The van der Waals surface area contributed by atoms with Gasteiger partial charge in [0.05, 0.1) is 5.69 Å². The lowest BCUT2D eigenvalue weighted by atomic mass is 10.2. The van der Waals surface area contributed by atoms with Crippen LogP contribution in [-0.2, 0) is 9.59 Å². The van der Waals surface area contributed by atoms with E-state index >= 15 is 0 Å². The number of para-hydroxylation sites is 1. The molecule has 2 aromatic rings. The van der Waals surface area contributed by atoms with E-state index in [1.165, 1.54) is 4.90 Å². The molecule has 1 heterocycles. The summed E-state index contributed by atoms with van der Waals surface area (Å²) >= 11 is 0. The fourth-order valence-electron chi connectivity index (χ4n) is 2.64. The molecule has 0 saturated heterocycles. The molecular weight excluding hydrogens is 288 g/mol. The molecule has 0 spiro atoms. The molecular formula is C19H18N2O2. The average Bonchev–Trinajstić information content (AvgIpc) is 2.73. The Bertz CT molecular complexity index is 837. The molecule has 1 aliphatic rings. The Balaban J connectivity index is 1.95. The van der Waals surface area contributed by atoms with Crippen molar-refractivity contribution in [2.45, 2.75) is 20.8 Å². The lowest BCUT2D eigenvalue weighted by molar-refractivity contribution is -0.120. The predicted octanol–water partition coefficient (Wildman–Crippen LogP) is 3.56. The number of anilines is 2. The molecule has 4 nitrogen and oxygen atoms in total. The third-order valence-electron chi connectivity index (χ3n) is 3.98. The van der Waals surface area contributed by atoms with Crippen LogP contribution in [0.25, 0.3) is 0 Å². The Morgan fingerprint density at radius 2 is 1.61 bits per heavy atom. The van der Waals surface area contributed by atoms with Gasteiger partial charge in [0.15, 0.2) is 0 Å². The Morgan fingerprint density at radius 3 is 2.30 bits per heavy atom. The predicted molar refractivity (Wildman–Crippen MR) is 91.2 cm³/mol. The van der Waals surface area contributed by atoms with Crippen LogP contribution in [0.2, 0.25) is 0 Å². The number of aryl methyl sites for hydroxylation is 2. The van der Waals surface area contributed by atoms with Crippen LogP contribution in [0.3, 0.4) is 0 Å². The molecule has 0 saturated carbocycles. The molecule has 0 unspecified atom stereocenters. The number of nitrogens with one attached hydrogen (secondary N) is 1. The molecule has 4 heteroatoms. The number of carbonyl (C=O) groups is 2. The zero-order chi connectivity index (χ0) is 16.6. The van der Waals surface area contributed by atoms with Gasteiger partial charge in [-0.3, -0.25) is 9.59 Å². The van der Waals surface area contributed by atoms with Crippen LogP contribution < -0.4 is 10.2 Å². The highest BCUT2D eigenvalue weighted by Gasteiger charge is 2.37. The van der Waals surface area contributed by atoms with Crippen LogP contribution in [0.1, 0.15) is 18.1 Å². The van der Waals surface area contributed by atoms with Crippen molar-refractivity contribution in [3.05, 3.63) is 70.9 Å². The van der Waals surface area contributed by atoms with E-state index in [-0.39, 0.29) is 11.8 Å². The highest BCUT2D eigenvalue weighted by Crippen LogP contribution is 2.29. The summed E-state index contributed by atoms with van der Waals surface area (Å²) in [5.74, 6) is -0.599. The van der Waals surface area contributed by atoms with E-state index in [2.05, 4.69) is 5.32 Å². The molecule has 116 valence electrons. The SMILES string of the molecule is CC1=C(Nc2ccccc2C)C(=O)N(c2cccc(C)c2)C1=O. The van der Waals surface area contributed by atoms with Crippen molar-refractivity contribution in [2.75, 3.05) is 10.2 Å². The number of amides is 2. The third kappa shape index (κ3) is 2.63. The summed E-state index contributed by atoms with van der Waals surface area (Å²) in [6, 6.07) is 15.1. The molecule has 0 aliphatic carbocycles. The van der Waals surface area contributed by atoms with Crippen molar-refractivity contribution in [3.63, 3.8) is 0 Å². The first kappa shape index (κ1) is 15.0. The zero-order valence-electron chi connectivity index (χ0n) is 13.4. The minimum Gasteiger partial charge on any atom is -0.350 e. The van der Waals surface area contributed by atoms with E-state index < -0.39 is 0 Å². The van der Waals surface area contributed by atoms with Gasteiger partial charge in [0, 0.05) is 11.3 Å². The fraction of sp³-hybridized carbons (Fsp3) is 0.158. The van der Waals surface area contributed by atoms with Gasteiger partial charge in [-0.2, -0.15) is 0 Å². The van der Waals surface area contributed by atoms with E-state index in [1.807, 2.05) is 56.3 Å². The van der Waals surface area contributed by atoms with E-state index in [0.717, 1.165) is 16.8 Å². The second kappa shape index (κ2) is 5.72. The van der Waals surface area contributed by atoms with Crippen molar-refractivity contribution >= 4 is 23.2 Å². The summed E-state index contributed by atoms with van der Waals surface area (Å²) in [7, 11) is 0. The summed E-state index contributed by atoms with van der Waals surface area (Å²) in [5, 5.41) is 3.12. The van der Waals surface area contributed by atoms with Gasteiger partial charge < -0.3 is 5.32 Å². The van der Waals surface area contributed by atoms with Crippen LogP contribution >= 0.6 is 0 Å². The van der Waals surface area contributed by atoms with Crippen LogP contribution in [0.4, 0.5) is 11.4 Å². The topological polar surface area (TPSA) is 49.4 Å². The molecule has 0 radical (unpaired) electrons. The highest BCUT2D eigenvalue weighted by atomic mass is 16.2. The summed E-state index contributed by atoms with van der Waals surface area (Å²) in [4.78, 5) is 26.5. The van der Waals surface area contributed by atoms with E-state index in [1.54, 1.807) is 13.0 Å². The van der Waals surface area contributed by atoms with E-state index in [9.17, 15) is 9.59 Å². The smallest absolute Gasteiger partial charge is 0.282 e. The Hall–Kier alpha value is -2.88. The first-order chi connectivity index (χ1) is 11.0. The normalized spacial score (nSPS) is 14.7. The second-order valence-corrected chi connectivity index (χ2v) is 5.72.